The van der Waals surface area contributed by atoms with E-state index >= 15 is 0 Å². The van der Waals surface area contributed by atoms with Gasteiger partial charge in [-0.3, -0.25) is 4.79 Å². The monoisotopic (exact) mass is 468 g/mol. The van der Waals surface area contributed by atoms with Crippen LogP contribution in [-0.4, -0.2) is 32.9 Å². The smallest absolute Gasteiger partial charge is 0.261 e. The van der Waals surface area contributed by atoms with Gasteiger partial charge in [0.25, 0.3) is 5.91 Å². The lowest BCUT2D eigenvalue weighted by Gasteiger charge is -2.11. The maximum absolute atomic E-state index is 11.9. The number of nitrogens with zero attached hydrogens (tertiary/aromatic N) is 1. The molecule has 7 nitrogen and oxygen atoms in total. The van der Waals surface area contributed by atoms with Gasteiger partial charge in [0, 0.05) is 17.1 Å². The molecule has 0 saturated carbocycles. The van der Waals surface area contributed by atoms with Crippen molar-refractivity contribution in [1.29, 1.82) is 0 Å². The predicted molar refractivity (Wildman–Crippen MR) is 127 cm³/mol. The van der Waals surface area contributed by atoms with Crippen LogP contribution in [0.2, 0.25) is 5.02 Å². The first-order chi connectivity index (χ1) is 16.1. The van der Waals surface area contributed by atoms with Crippen molar-refractivity contribution in [3.05, 3.63) is 88.4 Å². The van der Waals surface area contributed by atoms with E-state index < -0.39 is 0 Å². The number of hydrogen-bond donors (Lipinski definition) is 1. The molecule has 1 amide bonds. The molecule has 3 aromatic carbocycles. The molecule has 0 saturated heterocycles. The molecule has 0 unspecified atom stereocenters. The van der Waals surface area contributed by atoms with Crippen molar-refractivity contribution in [3.63, 3.8) is 0 Å². The second kappa shape index (κ2) is 12.4. The standard InChI is InChI=1S/C25H25ClN2O5/c1-30-22-5-3-4-19(12-22)14-27-25(29)17-33-28-15-20-8-11-23(24(13-20)31-2)32-16-18-6-9-21(26)10-7-18/h3-13,15H,14,16-17H2,1-2H3,(H,27,29)/b28-15+. The molecular formula is C25H25ClN2O5. The van der Waals surface area contributed by atoms with Crippen LogP contribution in [0.1, 0.15) is 16.7 Å². The van der Waals surface area contributed by atoms with Crippen molar-refractivity contribution < 1.29 is 23.8 Å². The fraction of sp³-hybridized carbons (Fsp3) is 0.200. The topological polar surface area (TPSA) is 78.4 Å². The van der Waals surface area contributed by atoms with Crippen LogP contribution in [0.5, 0.6) is 17.2 Å². The van der Waals surface area contributed by atoms with E-state index in [0.29, 0.717) is 29.7 Å². The number of carbonyl (C=O) groups excluding carboxylic acids is 1. The Balaban J connectivity index is 1.46. The second-order valence-corrected chi connectivity index (χ2v) is 7.40. The molecule has 0 fully saturated rings. The van der Waals surface area contributed by atoms with E-state index in [4.69, 9.17) is 30.6 Å². The first kappa shape index (κ1) is 23.9. The molecule has 0 aromatic heterocycles. The van der Waals surface area contributed by atoms with Gasteiger partial charge in [-0.2, -0.15) is 0 Å². The highest BCUT2D eigenvalue weighted by Crippen LogP contribution is 2.28. The molecule has 0 radical (unpaired) electrons. The van der Waals surface area contributed by atoms with Gasteiger partial charge in [0.05, 0.1) is 20.4 Å². The molecule has 0 heterocycles. The van der Waals surface area contributed by atoms with Crippen LogP contribution in [0.15, 0.2) is 71.9 Å². The van der Waals surface area contributed by atoms with Crippen LogP contribution in [0, 0.1) is 0 Å². The number of nitrogens with one attached hydrogen (secondary N) is 1. The lowest BCUT2D eigenvalue weighted by Crippen LogP contribution is -2.26. The van der Waals surface area contributed by atoms with E-state index in [9.17, 15) is 4.79 Å². The number of halogens is 1. The summed E-state index contributed by atoms with van der Waals surface area (Å²) >= 11 is 5.90. The van der Waals surface area contributed by atoms with Crippen molar-refractivity contribution in [1.82, 2.24) is 5.32 Å². The summed E-state index contributed by atoms with van der Waals surface area (Å²) < 4.78 is 16.4. The average molecular weight is 469 g/mol. The van der Waals surface area contributed by atoms with E-state index in [1.807, 2.05) is 54.6 Å². The third kappa shape index (κ3) is 7.73. The quantitative estimate of drug-likeness (QED) is 0.328. The Morgan fingerprint density at radius 1 is 0.970 bits per heavy atom. The normalized spacial score (nSPS) is 10.6. The van der Waals surface area contributed by atoms with Gasteiger partial charge >= 0.3 is 0 Å². The van der Waals surface area contributed by atoms with Crippen LogP contribution < -0.4 is 19.5 Å². The number of carbonyl (C=O) groups is 1. The van der Waals surface area contributed by atoms with Crippen LogP contribution in [0.3, 0.4) is 0 Å². The molecule has 8 heteroatoms. The van der Waals surface area contributed by atoms with Gasteiger partial charge < -0.3 is 24.4 Å². The van der Waals surface area contributed by atoms with E-state index in [-0.39, 0.29) is 12.5 Å². The lowest BCUT2D eigenvalue weighted by molar-refractivity contribution is -0.125. The summed E-state index contributed by atoms with van der Waals surface area (Å²) in [5, 5.41) is 7.30. The number of methoxy groups -OCH3 is 2. The maximum atomic E-state index is 11.9. The van der Waals surface area contributed by atoms with Crippen molar-refractivity contribution in [2.45, 2.75) is 13.2 Å². The molecule has 33 heavy (non-hydrogen) atoms. The molecule has 0 aliphatic carbocycles. The first-order valence-corrected chi connectivity index (χ1v) is 10.6. The summed E-state index contributed by atoms with van der Waals surface area (Å²) in [5.74, 6) is 1.62. The fourth-order valence-corrected chi connectivity index (χ4v) is 2.98. The van der Waals surface area contributed by atoms with E-state index in [2.05, 4.69) is 10.5 Å². The average Bonchev–Trinajstić information content (AvgIpc) is 2.85. The molecular weight excluding hydrogens is 444 g/mol. The van der Waals surface area contributed by atoms with Crippen LogP contribution in [-0.2, 0) is 22.8 Å². The molecule has 0 bridgehead atoms. The number of ether oxygens (including phenoxy) is 3. The Labute approximate surface area is 197 Å². The third-order valence-electron chi connectivity index (χ3n) is 4.59. The van der Waals surface area contributed by atoms with E-state index in [1.165, 1.54) is 6.21 Å². The molecule has 0 aliphatic heterocycles. The summed E-state index contributed by atoms with van der Waals surface area (Å²) in [6.45, 7) is 0.562. The SMILES string of the molecule is COc1cccc(CNC(=O)CO/N=C/c2ccc(OCc3ccc(Cl)cc3)c(OC)c2)c1. The van der Waals surface area contributed by atoms with Crippen LogP contribution in [0.4, 0.5) is 0 Å². The zero-order valence-electron chi connectivity index (χ0n) is 18.4. The van der Waals surface area contributed by atoms with Crippen molar-refractivity contribution in [2.75, 3.05) is 20.8 Å². The zero-order valence-corrected chi connectivity index (χ0v) is 19.2. The van der Waals surface area contributed by atoms with Crippen LogP contribution >= 0.6 is 11.6 Å². The summed E-state index contributed by atoms with van der Waals surface area (Å²) in [6.07, 6.45) is 1.50. The minimum absolute atomic E-state index is 0.195. The van der Waals surface area contributed by atoms with Gasteiger partial charge in [0.15, 0.2) is 18.1 Å². The van der Waals surface area contributed by atoms with Gasteiger partial charge in [0.1, 0.15) is 12.4 Å². The van der Waals surface area contributed by atoms with Gasteiger partial charge in [-0.25, -0.2) is 0 Å². The zero-order chi connectivity index (χ0) is 23.5. The summed E-state index contributed by atoms with van der Waals surface area (Å²) in [7, 11) is 3.16. The Morgan fingerprint density at radius 3 is 2.55 bits per heavy atom. The molecule has 1 N–H and O–H groups in total. The van der Waals surface area contributed by atoms with Crippen molar-refractivity contribution in [3.8, 4) is 17.2 Å². The maximum Gasteiger partial charge on any atom is 0.261 e. The Morgan fingerprint density at radius 2 is 1.79 bits per heavy atom. The van der Waals surface area contributed by atoms with Gasteiger partial charge in [-0.15, -0.1) is 0 Å². The molecule has 0 atom stereocenters. The summed E-state index contributed by atoms with van der Waals surface area (Å²) in [6, 6.07) is 20.3. The highest BCUT2D eigenvalue weighted by Gasteiger charge is 2.06. The summed E-state index contributed by atoms with van der Waals surface area (Å²) in [4.78, 5) is 17.1. The summed E-state index contributed by atoms with van der Waals surface area (Å²) in [5.41, 5.74) is 2.66. The molecule has 3 aromatic rings. The van der Waals surface area contributed by atoms with Crippen LogP contribution in [0.25, 0.3) is 0 Å². The van der Waals surface area contributed by atoms with E-state index in [1.54, 1.807) is 26.4 Å². The Bertz CT molecular complexity index is 1090. The highest BCUT2D eigenvalue weighted by atomic mass is 35.5. The minimum Gasteiger partial charge on any atom is -0.497 e. The number of benzene rings is 3. The first-order valence-electron chi connectivity index (χ1n) is 10.2. The Kier molecular flexibility index (Phi) is 8.97. The number of hydrogen-bond acceptors (Lipinski definition) is 6. The van der Waals surface area contributed by atoms with Crippen molar-refractivity contribution >= 4 is 23.7 Å². The van der Waals surface area contributed by atoms with Crippen molar-refractivity contribution in [2.24, 2.45) is 5.16 Å². The largest absolute Gasteiger partial charge is 0.497 e. The molecule has 3 rings (SSSR count). The minimum atomic E-state index is -0.279. The van der Waals surface area contributed by atoms with Gasteiger partial charge in [0.2, 0.25) is 0 Å². The number of amides is 1. The molecule has 172 valence electrons. The number of rotatable bonds is 11. The highest BCUT2D eigenvalue weighted by molar-refractivity contribution is 6.30. The molecule has 0 aliphatic rings. The third-order valence-corrected chi connectivity index (χ3v) is 4.84. The molecule has 0 spiro atoms. The van der Waals surface area contributed by atoms with E-state index in [0.717, 1.165) is 22.4 Å². The number of oxime groups is 1. The second-order valence-electron chi connectivity index (χ2n) is 6.96. The van der Waals surface area contributed by atoms with Gasteiger partial charge in [-0.1, -0.05) is 41.0 Å². The van der Waals surface area contributed by atoms with Gasteiger partial charge in [-0.05, 0) is 53.6 Å². The Hall–Kier alpha value is -3.71. The fourth-order valence-electron chi connectivity index (χ4n) is 2.85. The lowest BCUT2D eigenvalue weighted by atomic mass is 10.2. The predicted octanol–water partition coefficient (Wildman–Crippen LogP) is 4.60.